The van der Waals surface area contributed by atoms with Crippen molar-refractivity contribution in [1.29, 1.82) is 0 Å². The summed E-state index contributed by atoms with van der Waals surface area (Å²) in [5, 5.41) is 6.24. The minimum absolute atomic E-state index is 0.571. The number of nitrogens with one attached hydrogen (secondary N) is 2. The average molecular weight is 316 g/mol. The Balaban J connectivity index is 2.69. The fraction of sp³-hybridized carbons (Fsp3) is 0.500. The molecule has 1 aliphatic rings. The van der Waals surface area contributed by atoms with Crippen LogP contribution in [0.2, 0.25) is 0 Å². The molecule has 1 atom stereocenters. The molecule has 0 saturated heterocycles. The van der Waals surface area contributed by atoms with Crippen molar-refractivity contribution in [1.82, 2.24) is 15.5 Å². The maximum Gasteiger partial charge on any atom is 0.0183 e. The summed E-state index contributed by atoms with van der Waals surface area (Å²) in [6, 6.07) is 0. The molecule has 1 rings (SSSR count). The van der Waals surface area contributed by atoms with Crippen molar-refractivity contribution < 1.29 is 0 Å². The van der Waals surface area contributed by atoms with E-state index in [9.17, 15) is 0 Å². The van der Waals surface area contributed by atoms with Gasteiger partial charge in [-0.2, -0.15) is 0 Å². The van der Waals surface area contributed by atoms with Crippen LogP contribution in [-0.2, 0) is 0 Å². The second-order valence-corrected chi connectivity index (χ2v) is 6.06. The van der Waals surface area contributed by atoms with Gasteiger partial charge in [-0.05, 0) is 62.9 Å². The third-order valence-corrected chi connectivity index (χ3v) is 4.14. The van der Waals surface area contributed by atoms with E-state index in [0.717, 1.165) is 19.5 Å². The summed E-state index contributed by atoms with van der Waals surface area (Å²) in [5.74, 6) is 0.571. The summed E-state index contributed by atoms with van der Waals surface area (Å²) in [4.78, 5) is 2.39. The molecule has 0 aromatic carbocycles. The van der Waals surface area contributed by atoms with Gasteiger partial charge in [-0.25, -0.2) is 0 Å². The number of hydrogen-bond donors (Lipinski definition) is 2. The molecule has 0 spiro atoms. The summed E-state index contributed by atoms with van der Waals surface area (Å²) < 4.78 is 0. The lowest BCUT2D eigenvalue weighted by molar-refractivity contribution is 0.355. The molecule has 0 radical (unpaired) electrons. The topological polar surface area (TPSA) is 27.3 Å². The molecule has 0 fully saturated rings. The summed E-state index contributed by atoms with van der Waals surface area (Å²) >= 11 is 0. The van der Waals surface area contributed by atoms with Crippen LogP contribution in [0.4, 0.5) is 0 Å². The second-order valence-electron chi connectivity index (χ2n) is 6.06. The Morgan fingerprint density at radius 1 is 1.30 bits per heavy atom. The van der Waals surface area contributed by atoms with Gasteiger partial charge in [-0.3, -0.25) is 0 Å². The predicted molar refractivity (Wildman–Crippen MR) is 102 cm³/mol. The van der Waals surface area contributed by atoms with E-state index in [1.165, 1.54) is 23.3 Å². The normalized spacial score (nSPS) is 19.2. The SMILES string of the molecule is C/C=C(\C=C/NC)/C=C/C1=CC=C(N(C)CCCNC)C(C)C1. The maximum atomic E-state index is 3.21. The molecule has 128 valence electrons. The Kier molecular flexibility index (Phi) is 9.15. The molecule has 0 aromatic rings. The van der Waals surface area contributed by atoms with E-state index in [1.807, 2.05) is 20.3 Å². The Labute approximate surface area is 142 Å². The molecule has 0 amide bonds. The summed E-state index contributed by atoms with van der Waals surface area (Å²) in [7, 11) is 6.12. The Morgan fingerprint density at radius 3 is 2.70 bits per heavy atom. The molecule has 0 aliphatic heterocycles. The lowest BCUT2D eigenvalue weighted by Gasteiger charge is -2.29. The van der Waals surface area contributed by atoms with Crippen molar-refractivity contribution in [3.63, 3.8) is 0 Å². The molecular formula is C20H33N3. The van der Waals surface area contributed by atoms with Crippen molar-refractivity contribution in [2.75, 3.05) is 34.2 Å². The summed E-state index contributed by atoms with van der Waals surface area (Å²) in [5.41, 5.74) is 4.05. The third-order valence-electron chi connectivity index (χ3n) is 4.14. The molecule has 0 aromatic heterocycles. The first-order valence-electron chi connectivity index (χ1n) is 8.57. The zero-order valence-electron chi connectivity index (χ0n) is 15.4. The smallest absolute Gasteiger partial charge is 0.0183 e. The van der Waals surface area contributed by atoms with Crippen molar-refractivity contribution >= 4 is 0 Å². The predicted octanol–water partition coefficient (Wildman–Crippen LogP) is 3.61. The van der Waals surface area contributed by atoms with Crippen LogP contribution in [0.5, 0.6) is 0 Å². The number of allylic oxidation sites excluding steroid dienone is 9. The number of rotatable bonds is 9. The molecule has 3 nitrogen and oxygen atoms in total. The van der Waals surface area contributed by atoms with Gasteiger partial charge in [0.15, 0.2) is 0 Å². The summed E-state index contributed by atoms with van der Waals surface area (Å²) in [6.07, 6.45) is 17.4. The van der Waals surface area contributed by atoms with Gasteiger partial charge in [0.25, 0.3) is 0 Å². The van der Waals surface area contributed by atoms with Crippen LogP contribution >= 0.6 is 0 Å². The summed E-state index contributed by atoms with van der Waals surface area (Å²) in [6.45, 7) is 6.56. The molecule has 3 heteroatoms. The highest BCUT2D eigenvalue weighted by Crippen LogP contribution is 2.27. The van der Waals surface area contributed by atoms with Gasteiger partial charge in [-0.15, -0.1) is 0 Å². The molecule has 1 unspecified atom stereocenters. The largest absolute Gasteiger partial charge is 0.394 e. The monoisotopic (exact) mass is 315 g/mol. The Morgan fingerprint density at radius 2 is 2.09 bits per heavy atom. The number of nitrogens with zero attached hydrogens (tertiary/aromatic N) is 1. The van der Waals surface area contributed by atoms with Crippen LogP contribution in [0.3, 0.4) is 0 Å². The first-order valence-corrected chi connectivity index (χ1v) is 8.57. The van der Waals surface area contributed by atoms with Crippen LogP contribution in [0.25, 0.3) is 0 Å². The Bertz CT molecular complexity index is 495. The van der Waals surface area contributed by atoms with Gasteiger partial charge < -0.3 is 15.5 Å². The lowest BCUT2D eigenvalue weighted by atomic mass is 9.91. The fourth-order valence-electron chi connectivity index (χ4n) is 2.76. The highest BCUT2D eigenvalue weighted by Gasteiger charge is 2.16. The van der Waals surface area contributed by atoms with Crippen LogP contribution in [0.15, 0.2) is 59.5 Å². The molecule has 0 saturated carbocycles. The second kappa shape index (κ2) is 10.9. The van der Waals surface area contributed by atoms with Crippen LogP contribution in [-0.4, -0.2) is 39.1 Å². The zero-order valence-corrected chi connectivity index (χ0v) is 15.4. The van der Waals surface area contributed by atoms with Gasteiger partial charge >= 0.3 is 0 Å². The zero-order chi connectivity index (χ0) is 17.1. The van der Waals surface area contributed by atoms with Gasteiger partial charge in [0, 0.05) is 32.3 Å². The minimum Gasteiger partial charge on any atom is -0.394 e. The molecular weight excluding hydrogens is 282 g/mol. The van der Waals surface area contributed by atoms with E-state index >= 15 is 0 Å². The van der Waals surface area contributed by atoms with E-state index < -0.39 is 0 Å². The molecule has 1 aliphatic carbocycles. The minimum atomic E-state index is 0.571. The van der Waals surface area contributed by atoms with E-state index in [2.05, 4.69) is 72.9 Å². The maximum absolute atomic E-state index is 3.21. The van der Waals surface area contributed by atoms with E-state index in [-0.39, 0.29) is 0 Å². The van der Waals surface area contributed by atoms with Crippen LogP contribution in [0.1, 0.15) is 26.7 Å². The van der Waals surface area contributed by atoms with Crippen molar-refractivity contribution in [2.45, 2.75) is 26.7 Å². The molecule has 23 heavy (non-hydrogen) atoms. The van der Waals surface area contributed by atoms with Crippen LogP contribution < -0.4 is 10.6 Å². The van der Waals surface area contributed by atoms with Gasteiger partial charge in [0.05, 0.1) is 0 Å². The number of hydrogen-bond acceptors (Lipinski definition) is 3. The van der Waals surface area contributed by atoms with Crippen molar-refractivity contribution in [3.05, 3.63) is 59.5 Å². The van der Waals surface area contributed by atoms with E-state index in [4.69, 9.17) is 0 Å². The quantitative estimate of drug-likeness (QED) is 0.503. The van der Waals surface area contributed by atoms with E-state index in [1.54, 1.807) is 0 Å². The van der Waals surface area contributed by atoms with E-state index in [0.29, 0.717) is 5.92 Å². The highest BCUT2D eigenvalue weighted by atomic mass is 15.1. The standard InChI is InChI=1S/C20H33N3/c1-6-18(12-14-22-4)8-9-19-10-11-20(17(2)16-19)23(5)15-7-13-21-3/h6,8-12,14,17,21-22H,7,13,15-16H2,1-5H3/b9-8+,14-12-,18-6-. The fourth-order valence-corrected chi connectivity index (χ4v) is 2.76. The van der Waals surface area contributed by atoms with Crippen LogP contribution in [0, 0.1) is 5.92 Å². The third kappa shape index (κ3) is 6.91. The molecule has 2 N–H and O–H groups in total. The Hall–Kier alpha value is -1.74. The van der Waals surface area contributed by atoms with Gasteiger partial charge in [0.2, 0.25) is 0 Å². The first kappa shape index (κ1) is 19.3. The highest BCUT2D eigenvalue weighted by molar-refractivity contribution is 5.38. The average Bonchev–Trinajstić information content (AvgIpc) is 2.55. The van der Waals surface area contributed by atoms with Crippen molar-refractivity contribution in [2.24, 2.45) is 5.92 Å². The first-order chi connectivity index (χ1) is 11.1. The lowest BCUT2D eigenvalue weighted by Crippen LogP contribution is -2.26. The van der Waals surface area contributed by atoms with Gasteiger partial charge in [0.1, 0.15) is 0 Å². The molecule has 0 heterocycles. The van der Waals surface area contributed by atoms with Crippen molar-refractivity contribution in [3.8, 4) is 0 Å². The van der Waals surface area contributed by atoms with Gasteiger partial charge in [-0.1, -0.05) is 31.2 Å². The molecule has 0 bridgehead atoms.